The van der Waals surface area contributed by atoms with Gasteiger partial charge in [0.05, 0.1) is 28.8 Å². The molecular formula is C38H30FNO10. The van der Waals surface area contributed by atoms with E-state index in [0.717, 1.165) is 18.3 Å². The van der Waals surface area contributed by atoms with Gasteiger partial charge in [0.1, 0.15) is 24.1 Å². The van der Waals surface area contributed by atoms with E-state index in [4.69, 9.17) is 23.7 Å². The topological polar surface area (TPSA) is 136 Å². The molecule has 1 aliphatic heterocycles. The lowest BCUT2D eigenvalue weighted by Gasteiger charge is -2.26. The van der Waals surface area contributed by atoms with Gasteiger partial charge in [0, 0.05) is 11.6 Å². The molecule has 11 nitrogen and oxygen atoms in total. The number of ether oxygens (including phenoxy) is 5. The van der Waals surface area contributed by atoms with Crippen LogP contribution in [0.2, 0.25) is 0 Å². The molecule has 1 aromatic heterocycles. The van der Waals surface area contributed by atoms with Crippen molar-refractivity contribution in [3.8, 4) is 0 Å². The summed E-state index contributed by atoms with van der Waals surface area (Å²) in [5.74, 6) is -4.03. The summed E-state index contributed by atoms with van der Waals surface area (Å²) in [6.45, 7) is 1.04. The fourth-order valence-corrected chi connectivity index (χ4v) is 5.57. The van der Waals surface area contributed by atoms with Crippen molar-refractivity contribution >= 4 is 34.8 Å². The molecule has 0 amide bonds. The van der Waals surface area contributed by atoms with E-state index in [2.05, 4.69) is 0 Å². The predicted octanol–water partition coefficient (Wildman–Crippen LogP) is 5.52. The standard InChI is InChI=1S/C38H30FNO10/c1-2-46-38(45)28-21-40(29-19-18-26(39)20-27(29)31(28)41)34-33(50-37(44)25-16-10-5-11-17-25)32(49-36(43)24-14-8-4-9-15-24)30(48-34)22-47-35(42)23-12-6-3-7-13-23/h3-21,30,32-34H,2,22H2,1H3/t30-,32-,33-,34-/m1/s1. The average molecular weight is 680 g/mol. The summed E-state index contributed by atoms with van der Waals surface area (Å²) in [6.07, 6.45) is -4.34. The number of pyridine rings is 1. The number of halogens is 1. The summed E-state index contributed by atoms with van der Waals surface area (Å²) in [4.78, 5) is 66.4. The number of carbonyl (C=O) groups is 4. The van der Waals surface area contributed by atoms with Crippen LogP contribution in [-0.4, -0.2) is 60.0 Å². The minimum absolute atomic E-state index is 0.0525. The number of esters is 4. The predicted molar refractivity (Wildman–Crippen MR) is 176 cm³/mol. The molecule has 2 heterocycles. The van der Waals surface area contributed by atoms with Gasteiger partial charge < -0.3 is 28.3 Å². The van der Waals surface area contributed by atoms with Crippen LogP contribution in [0.5, 0.6) is 0 Å². The summed E-state index contributed by atoms with van der Waals surface area (Å²) in [5, 5.41) is -0.191. The molecule has 0 aliphatic carbocycles. The SMILES string of the molecule is CCOC(=O)c1cn([C@@H]2O[C@H](COC(=O)c3ccccc3)[C@@H](OC(=O)c3ccccc3)[C@H]2OC(=O)c2ccccc2)c2ccc(F)cc2c1=O. The summed E-state index contributed by atoms with van der Waals surface area (Å²) in [6, 6.07) is 27.6. The third-order valence-corrected chi connectivity index (χ3v) is 7.94. The maximum Gasteiger partial charge on any atom is 0.343 e. The summed E-state index contributed by atoms with van der Waals surface area (Å²) >= 11 is 0. The van der Waals surface area contributed by atoms with Crippen molar-refractivity contribution < 1.29 is 47.3 Å². The smallest absolute Gasteiger partial charge is 0.343 e. The monoisotopic (exact) mass is 679 g/mol. The van der Waals surface area contributed by atoms with Gasteiger partial charge in [-0.15, -0.1) is 0 Å². The number of hydrogen-bond acceptors (Lipinski definition) is 10. The van der Waals surface area contributed by atoms with Crippen LogP contribution >= 0.6 is 0 Å². The Bertz CT molecular complexity index is 2090. The zero-order valence-corrected chi connectivity index (χ0v) is 26.6. The molecule has 6 rings (SSSR count). The fourth-order valence-electron chi connectivity index (χ4n) is 5.57. The quantitative estimate of drug-likeness (QED) is 0.137. The highest BCUT2D eigenvalue weighted by Crippen LogP contribution is 2.37. The number of aromatic nitrogens is 1. The molecule has 0 radical (unpaired) electrons. The zero-order chi connectivity index (χ0) is 35.2. The molecule has 0 bridgehead atoms. The van der Waals surface area contributed by atoms with Gasteiger partial charge in [0.2, 0.25) is 5.43 Å². The number of fused-ring (bicyclic) bond motifs is 1. The van der Waals surface area contributed by atoms with E-state index in [1.54, 1.807) is 73.7 Å². The molecule has 254 valence electrons. The Hall–Kier alpha value is -6.14. The highest BCUT2D eigenvalue weighted by atomic mass is 19.1. The van der Waals surface area contributed by atoms with Gasteiger partial charge >= 0.3 is 23.9 Å². The molecule has 0 spiro atoms. The lowest BCUT2D eigenvalue weighted by atomic mass is 10.1. The van der Waals surface area contributed by atoms with Gasteiger partial charge in [-0.25, -0.2) is 23.6 Å². The maximum absolute atomic E-state index is 14.5. The lowest BCUT2D eigenvalue weighted by Crippen LogP contribution is -2.41. The van der Waals surface area contributed by atoms with Gasteiger partial charge in [-0.05, 0) is 61.5 Å². The Morgan fingerprint density at radius 1 is 0.700 bits per heavy atom. The van der Waals surface area contributed by atoms with E-state index >= 15 is 0 Å². The van der Waals surface area contributed by atoms with Gasteiger partial charge in [-0.3, -0.25) is 4.79 Å². The zero-order valence-electron chi connectivity index (χ0n) is 26.6. The van der Waals surface area contributed by atoms with Crippen LogP contribution in [0.15, 0.2) is 120 Å². The Morgan fingerprint density at radius 3 is 1.80 bits per heavy atom. The van der Waals surface area contributed by atoms with Crippen LogP contribution in [-0.2, 0) is 23.7 Å². The number of nitrogens with zero attached hydrogens (tertiary/aromatic N) is 1. The molecule has 5 aromatic rings. The van der Waals surface area contributed by atoms with Crippen molar-refractivity contribution in [2.75, 3.05) is 13.2 Å². The molecular weight excluding hydrogens is 649 g/mol. The highest BCUT2D eigenvalue weighted by molar-refractivity contribution is 5.94. The second-order valence-corrected chi connectivity index (χ2v) is 11.2. The second-order valence-electron chi connectivity index (χ2n) is 11.2. The number of carbonyl (C=O) groups excluding carboxylic acids is 4. The van der Waals surface area contributed by atoms with Crippen LogP contribution in [0.4, 0.5) is 4.39 Å². The number of hydrogen-bond donors (Lipinski definition) is 0. The van der Waals surface area contributed by atoms with Crippen LogP contribution in [0, 0.1) is 5.82 Å². The first kappa shape index (κ1) is 33.7. The van der Waals surface area contributed by atoms with Crippen molar-refractivity contribution in [1.29, 1.82) is 0 Å². The van der Waals surface area contributed by atoms with Crippen molar-refractivity contribution in [3.63, 3.8) is 0 Å². The van der Waals surface area contributed by atoms with Crippen LogP contribution in [0.3, 0.4) is 0 Å². The van der Waals surface area contributed by atoms with E-state index < -0.39 is 71.8 Å². The van der Waals surface area contributed by atoms with Gasteiger partial charge in [-0.2, -0.15) is 0 Å². The minimum Gasteiger partial charge on any atom is -0.462 e. The first-order valence-electron chi connectivity index (χ1n) is 15.7. The van der Waals surface area contributed by atoms with Crippen molar-refractivity contribution in [1.82, 2.24) is 4.57 Å². The molecule has 12 heteroatoms. The molecule has 4 atom stereocenters. The van der Waals surface area contributed by atoms with E-state index in [1.165, 1.54) is 34.9 Å². The summed E-state index contributed by atoms with van der Waals surface area (Å²) in [5.41, 5.74) is -0.552. The normalized spacial score (nSPS) is 18.3. The Kier molecular flexibility index (Phi) is 10.1. The Morgan fingerprint density at radius 2 is 1.24 bits per heavy atom. The molecule has 50 heavy (non-hydrogen) atoms. The third-order valence-electron chi connectivity index (χ3n) is 7.94. The average Bonchev–Trinajstić information content (AvgIpc) is 3.47. The molecule has 0 unspecified atom stereocenters. The van der Waals surface area contributed by atoms with E-state index in [-0.39, 0.29) is 34.2 Å². The second kappa shape index (κ2) is 15.0. The number of rotatable bonds is 10. The van der Waals surface area contributed by atoms with Crippen molar-refractivity contribution in [2.24, 2.45) is 0 Å². The van der Waals surface area contributed by atoms with Gasteiger partial charge in [0.25, 0.3) is 0 Å². The van der Waals surface area contributed by atoms with E-state index in [1.807, 2.05) is 0 Å². The van der Waals surface area contributed by atoms with E-state index in [9.17, 15) is 28.4 Å². The molecule has 0 saturated carbocycles. The van der Waals surface area contributed by atoms with Crippen molar-refractivity contribution in [3.05, 3.63) is 154 Å². The summed E-state index contributed by atoms with van der Waals surface area (Å²) < 4.78 is 44.9. The molecule has 0 N–H and O–H groups in total. The number of benzene rings is 4. The molecule has 4 aromatic carbocycles. The van der Waals surface area contributed by atoms with Gasteiger partial charge in [-0.1, -0.05) is 54.6 Å². The molecule has 1 aliphatic rings. The highest BCUT2D eigenvalue weighted by Gasteiger charge is 2.51. The van der Waals surface area contributed by atoms with Gasteiger partial charge in [0.15, 0.2) is 18.4 Å². The Labute approximate surface area is 284 Å². The maximum atomic E-state index is 14.5. The molecule has 1 fully saturated rings. The van der Waals surface area contributed by atoms with Crippen LogP contribution in [0.25, 0.3) is 10.9 Å². The van der Waals surface area contributed by atoms with Crippen molar-refractivity contribution in [2.45, 2.75) is 31.5 Å². The largest absolute Gasteiger partial charge is 0.462 e. The lowest BCUT2D eigenvalue weighted by molar-refractivity contribution is -0.0605. The molecule has 1 saturated heterocycles. The van der Waals surface area contributed by atoms with E-state index in [0.29, 0.717) is 0 Å². The first-order chi connectivity index (χ1) is 24.2. The van der Waals surface area contributed by atoms with Crippen LogP contribution < -0.4 is 5.43 Å². The first-order valence-corrected chi connectivity index (χ1v) is 15.7. The minimum atomic E-state index is -1.46. The Balaban J connectivity index is 1.47. The summed E-state index contributed by atoms with van der Waals surface area (Å²) in [7, 11) is 0. The van der Waals surface area contributed by atoms with Crippen LogP contribution in [0.1, 0.15) is 54.6 Å². The third kappa shape index (κ3) is 7.15. The fraction of sp³-hybridized carbons (Fsp3) is 0.184.